The lowest BCUT2D eigenvalue weighted by Crippen LogP contribution is -2.32. The van der Waals surface area contributed by atoms with Crippen molar-refractivity contribution in [2.45, 2.75) is 137 Å². The van der Waals surface area contributed by atoms with Crippen molar-refractivity contribution in [2.24, 2.45) is 17.8 Å². The molecule has 0 aliphatic rings. The third kappa shape index (κ3) is 25.7. The maximum atomic E-state index is 14.4. The fraction of sp³-hybridized carbons (Fsp3) is 0.329. The summed E-state index contributed by atoms with van der Waals surface area (Å²) in [6.07, 6.45) is -0.00629. The van der Waals surface area contributed by atoms with Crippen molar-refractivity contribution in [1.29, 1.82) is 0 Å². The van der Waals surface area contributed by atoms with Gasteiger partial charge in [-0.05, 0) is 186 Å². The Morgan fingerprint density at radius 1 is 0.455 bits per heavy atom. The molecule has 0 aliphatic heterocycles. The summed E-state index contributed by atoms with van der Waals surface area (Å²) in [5, 5.41) is 2.12. The number of anilines is 1. The molecule has 0 atom stereocenters. The first-order valence-corrected chi connectivity index (χ1v) is 39.6. The van der Waals surface area contributed by atoms with Crippen LogP contribution >= 0.6 is 0 Å². The molecule has 3 amide bonds. The number of sulfonamides is 3. The third-order valence-electron chi connectivity index (χ3n) is 15.4. The number of aromatic nitrogens is 6. The fourth-order valence-electron chi connectivity index (χ4n) is 9.87. The average molecular weight is 1590 g/mol. The first-order valence-electron chi connectivity index (χ1n) is 35.1. The summed E-state index contributed by atoms with van der Waals surface area (Å²) in [5.74, 6) is -2.79. The lowest BCUT2D eigenvalue weighted by atomic mass is 10.0. The summed E-state index contributed by atoms with van der Waals surface area (Å²) in [5.41, 5.74) is 5.19. The van der Waals surface area contributed by atoms with Crippen LogP contribution in [0.5, 0.6) is 23.1 Å². The number of aryl methyl sites for hydroxylation is 3. The molecule has 0 saturated heterocycles. The van der Waals surface area contributed by atoms with E-state index in [1.807, 2.05) is 74.0 Å². The Kier molecular flexibility index (Phi) is 31.1. The van der Waals surface area contributed by atoms with Crippen molar-refractivity contribution >= 4 is 59.2 Å². The van der Waals surface area contributed by atoms with Gasteiger partial charge in [-0.3, -0.25) is 19.4 Å². The summed E-state index contributed by atoms with van der Waals surface area (Å²) in [7, 11) is -12.8. The number of hydrogen-bond acceptors (Lipinski definition) is 20. The summed E-state index contributed by atoms with van der Waals surface area (Å²) in [6, 6.07) is 34.4. The topological polar surface area (TPSA) is 316 Å². The zero-order valence-corrected chi connectivity index (χ0v) is 65.6. The van der Waals surface area contributed by atoms with Crippen LogP contribution in [0.1, 0.15) is 158 Å². The van der Waals surface area contributed by atoms with Gasteiger partial charge in [0.15, 0.2) is 21.7 Å². The Bertz CT molecular complexity index is 5180. The Hall–Kier alpha value is -10.8. The van der Waals surface area contributed by atoms with Crippen LogP contribution in [0.25, 0.3) is 39.3 Å². The van der Waals surface area contributed by atoms with Gasteiger partial charge in [-0.25, -0.2) is 61.0 Å². The number of nitrogens with zero attached hydrogens (tertiary/aromatic N) is 6. The SMILES string of the molecule is CC(C)=C(C)c1nc(-c2cc(F)cc(OCC(C)C)c2)ccc1C(=O)NS(=O)(=O)c1cccc(C)n1.CCCCc1nc(-c2cc(F)cc(OCC(C)C)c2)ccc1C(=O)NS(=O)(=O)c1cccc(NCCC)n1.Cc1cccc(S(=O)(=O)NC(=O)c2ccc(-c3cc(F)cc(OCC(C)C)c3)nc2OCC(F)F)n1.[HH].[HH].[HH].[HH].[HH].[HH]. The largest absolute Gasteiger partial charge is 0.493 e. The van der Waals surface area contributed by atoms with E-state index < -0.39 is 94.7 Å². The molecule has 598 valence electrons. The van der Waals surface area contributed by atoms with E-state index in [1.54, 1.807) is 75.4 Å². The zero-order chi connectivity index (χ0) is 80.8. The van der Waals surface area contributed by atoms with E-state index >= 15 is 0 Å². The minimum Gasteiger partial charge on any atom is -0.493 e. The van der Waals surface area contributed by atoms with E-state index in [0.717, 1.165) is 37.0 Å². The maximum absolute atomic E-state index is 14.4. The van der Waals surface area contributed by atoms with Gasteiger partial charge in [0.2, 0.25) is 5.88 Å². The summed E-state index contributed by atoms with van der Waals surface area (Å²) >= 11 is 0. The molecular formula is C79H101F5N10O13S3. The first kappa shape index (κ1) is 86.4. The predicted octanol–water partition coefficient (Wildman–Crippen LogP) is 17.0. The van der Waals surface area contributed by atoms with Crippen molar-refractivity contribution in [1.82, 2.24) is 44.1 Å². The van der Waals surface area contributed by atoms with Crippen molar-refractivity contribution in [3.8, 4) is 56.9 Å². The Morgan fingerprint density at radius 2 is 0.855 bits per heavy atom. The Balaban J connectivity index is 0.000000848. The van der Waals surface area contributed by atoms with Gasteiger partial charge in [0.25, 0.3) is 54.2 Å². The normalized spacial score (nSPS) is 11.4. The molecule has 0 saturated carbocycles. The minimum absolute atomic E-state index is 0. The molecule has 110 heavy (non-hydrogen) atoms. The van der Waals surface area contributed by atoms with Crippen LogP contribution < -0.4 is 38.4 Å². The number of unbranched alkanes of at least 4 members (excludes halogenated alkanes) is 1. The van der Waals surface area contributed by atoms with Crippen LogP contribution in [0.2, 0.25) is 0 Å². The standard InChI is InChI=1S/C28H35FN4O4S.C27H30FN3O4S.C24H24F3N3O5S.6H2/c1-5-7-9-25-23(28(34)33-38(35,36)27-11-8-10-26(32-27)30-14-6-2)12-13-24(31-25)20-15-21(29)17-22(16-20)37-18-19(3)4;1-16(2)15-35-22-13-20(12-21(28)14-22)24-11-10-23(26(30-24)19(6)17(3)4)27(32)31-36(33,34)25-9-7-8-18(5)29-25;1-14(2)12-34-18-10-16(9-17(25)11-18)20-8-7-19(24(29-20)35-13-21(26)27)23(31)30-36(32,33)22-6-4-5-15(3)28-22;;;;;;/h8,10-13,15-17,19H,5-7,9,14,18H2,1-4H3,(H,30,32)(H,33,34);7-14,16H,15H2,1-6H3,(H,31,32);4-11,14,21H,12-13H2,1-3H3,(H,30,31);6*1H. The number of carbonyl (C=O) groups excluding carboxylic acids is 3. The summed E-state index contributed by atoms with van der Waals surface area (Å²) in [4.78, 5) is 64.3. The fourth-order valence-corrected chi connectivity index (χ4v) is 12.8. The van der Waals surface area contributed by atoms with Gasteiger partial charge in [-0.15, -0.1) is 0 Å². The second-order valence-electron chi connectivity index (χ2n) is 26.7. The first-order chi connectivity index (χ1) is 51.9. The van der Waals surface area contributed by atoms with Crippen LogP contribution in [-0.2, 0) is 36.5 Å². The lowest BCUT2D eigenvalue weighted by Gasteiger charge is -2.14. The molecule has 0 fully saturated rings. The third-order valence-corrected chi connectivity index (χ3v) is 19.1. The Morgan fingerprint density at radius 3 is 1.27 bits per heavy atom. The molecule has 0 bridgehead atoms. The number of pyridine rings is 6. The Labute approximate surface area is 647 Å². The van der Waals surface area contributed by atoms with Crippen LogP contribution in [0.3, 0.4) is 0 Å². The molecule has 9 aromatic rings. The predicted molar refractivity (Wildman–Crippen MR) is 422 cm³/mol. The van der Waals surface area contributed by atoms with Gasteiger partial charge in [0.1, 0.15) is 46.1 Å². The molecule has 0 spiro atoms. The van der Waals surface area contributed by atoms with E-state index in [4.69, 9.17) is 18.9 Å². The number of amides is 3. The van der Waals surface area contributed by atoms with Gasteiger partial charge in [0.05, 0.1) is 59.4 Å². The lowest BCUT2D eigenvalue weighted by molar-refractivity contribution is 0.0776. The van der Waals surface area contributed by atoms with Crippen molar-refractivity contribution < 1.29 is 89.1 Å². The number of benzene rings is 3. The highest BCUT2D eigenvalue weighted by molar-refractivity contribution is 7.90. The number of nitrogens with one attached hydrogen (secondary N) is 4. The molecule has 0 unspecified atom stereocenters. The number of halogens is 5. The van der Waals surface area contributed by atoms with Crippen molar-refractivity contribution in [3.63, 3.8) is 0 Å². The smallest absolute Gasteiger partial charge is 0.281 e. The van der Waals surface area contributed by atoms with E-state index in [-0.39, 0.29) is 64.5 Å². The molecule has 3 aromatic carbocycles. The van der Waals surface area contributed by atoms with E-state index in [2.05, 4.69) is 44.7 Å². The van der Waals surface area contributed by atoms with Crippen molar-refractivity contribution in [3.05, 3.63) is 208 Å². The molecular weight excluding hydrogens is 1490 g/mol. The molecule has 6 heterocycles. The van der Waals surface area contributed by atoms with Gasteiger partial charge in [0, 0.05) is 61.4 Å². The molecule has 4 N–H and O–H groups in total. The maximum Gasteiger partial charge on any atom is 0.281 e. The number of hydrogen-bond donors (Lipinski definition) is 4. The van der Waals surface area contributed by atoms with Gasteiger partial charge >= 0.3 is 0 Å². The number of ether oxygens (including phenoxy) is 4. The molecule has 0 radical (unpaired) electrons. The number of alkyl halides is 2. The van der Waals surface area contributed by atoms with E-state index in [1.165, 1.54) is 78.9 Å². The van der Waals surface area contributed by atoms with Gasteiger partial charge < -0.3 is 24.3 Å². The molecule has 6 aromatic heterocycles. The number of allylic oxidation sites excluding steroid dienone is 2. The zero-order valence-electron chi connectivity index (χ0n) is 63.1. The van der Waals surface area contributed by atoms with Crippen LogP contribution in [0.4, 0.5) is 27.8 Å². The van der Waals surface area contributed by atoms with Crippen LogP contribution in [0, 0.1) is 49.1 Å². The summed E-state index contributed by atoms with van der Waals surface area (Å²) < 4.78 is 173. The second-order valence-corrected chi connectivity index (χ2v) is 31.6. The van der Waals surface area contributed by atoms with E-state index in [0.29, 0.717) is 101 Å². The minimum atomic E-state index is -4.37. The summed E-state index contributed by atoms with van der Waals surface area (Å²) in [6.45, 7) is 25.3. The molecule has 31 heteroatoms. The number of rotatable bonds is 31. The second kappa shape index (κ2) is 39.5. The van der Waals surface area contributed by atoms with Crippen LogP contribution in [-0.4, -0.2) is 112 Å². The van der Waals surface area contributed by atoms with Crippen LogP contribution in [0.15, 0.2) is 166 Å². The number of carbonyl (C=O) groups is 3. The van der Waals surface area contributed by atoms with Crippen molar-refractivity contribution in [2.75, 3.05) is 38.3 Å². The highest BCUT2D eigenvalue weighted by Gasteiger charge is 2.28. The highest BCUT2D eigenvalue weighted by Crippen LogP contribution is 2.33. The quantitative estimate of drug-likeness (QED) is 0.0293. The molecule has 23 nitrogen and oxygen atoms in total. The van der Waals surface area contributed by atoms with Gasteiger partial charge in [-0.1, -0.05) is 85.6 Å². The highest BCUT2D eigenvalue weighted by atomic mass is 32.2. The van der Waals surface area contributed by atoms with Gasteiger partial charge in [-0.2, -0.15) is 25.3 Å². The molecule has 9 rings (SSSR count). The monoisotopic (exact) mass is 1590 g/mol. The van der Waals surface area contributed by atoms with E-state index in [9.17, 15) is 61.6 Å². The average Bonchev–Trinajstić information content (AvgIpc) is 0.795. The molecule has 0 aliphatic carbocycles.